The molecule has 0 atom stereocenters. The van der Waals surface area contributed by atoms with Crippen LogP contribution in [0.2, 0.25) is 0 Å². The van der Waals surface area contributed by atoms with E-state index in [0.717, 1.165) is 28.0 Å². The summed E-state index contributed by atoms with van der Waals surface area (Å²) in [6, 6.07) is 4.01. The van der Waals surface area contributed by atoms with Crippen LogP contribution in [0.4, 0.5) is 5.95 Å². The lowest BCUT2D eigenvalue weighted by Gasteiger charge is -2.13. The number of hydrogen-bond donors (Lipinski definition) is 2. The molecular formula is C14H15N5O. The number of nitrogens with two attached hydrogens (primary N) is 1. The molecule has 6 heteroatoms. The average molecular weight is 269 g/mol. The van der Waals surface area contributed by atoms with Crippen molar-refractivity contribution in [3.8, 4) is 17.0 Å². The first-order valence-corrected chi connectivity index (χ1v) is 6.23. The molecule has 3 aromatic rings. The Morgan fingerprint density at radius 2 is 2.00 bits per heavy atom. The topological polar surface area (TPSA) is 89.7 Å². The van der Waals surface area contributed by atoms with Gasteiger partial charge in [0.1, 0.15) is 17.0 Å². The lowest BCUT2D eigenvalue weighted by molar-refractivity contribution is 0.413. The van der Waals surface area contributed by atoms with Crippen molar-refractivity contribution in [2.24, 2.45) is 0 Å². The lowest BCUT2D eigenvalue weighted by Crippen LogP contribution is -2.00. The van der Waals surface area contributed by atoms with Crippen LogP contribution in [0.25, 0.3) is 22.4 Å². The normalized spacial score (nSPS) is 10.9. The minimum Gasteiger partial charge on any atom is -0.496 e. The fraction of sp³-hybridized carbons (Fsp3) is 0.214. The fourth-order valence-corrected chi connectivity index (χ4v) is 2.28. The number of ether oxygens (including phenoxy) is 1. The van der Waals surface area contributed by atoms with Gasteiger partial charge >= 0.3 is 0 Å². The largest absolute Gasteiger partial charge is 0.496 e. The summed E-state index contributed by atoms with van der Waals surface area (Å²) in [6.45, 7) is 4.06. The monoisotopic (exact) mass is 269 g/mol. The van der Waals surface area contributed by atoms with Crippen LogP contribution in [0.15, 0.2) is 18.5 Å². The molecular weight excluding hydrogens is 254 g/mol. The van der Waals surface area contributed by atoms with E-state index in [-0.39, 0.29) is 5.95 Å². The summed E-state index contributed by atoms with van der Waals surface area (Å²) >= 11 is 0. The van der Waals surface area contributed by atoms with Gasteiger partial charge in [0.2, 0.25) is 5.95 Å². The van der Waals surface area contributed by atoms with E-state index in [1.165, 1.54) is 0 Å². The second-order valence-electron chi connectivity index (χ2n) is 4.62. The standard InChI is InChI=1S/C14H15N5O/c1-7-4-5-9(12(20-3)8(7)2)10-11-13(17-6-16-11)19-14(15)18-10/h4-6H,1-3H3,(H3,15,16,17,18,19). The molecule has 3 N–H and O–H groups in total. The molecule has 2 heterocycles. The van der Waals surface area contributed by atoms with Crippen molar-refractivity contribution in [2.75, 3.05) is 12.8 Å². The summed E-state index contributed by atoms with van der Waals surface area (Å²) in [4.78, 5) is 15.6. The quantitative estimate of drug-likeness (QED) is 0.744. The van der Waals surface area contributed by atoms with Crippen LogP contribution in [0.3, 0.4) is 0 Å². The maximum atomic E-state index is 5.76. The molecule has 0 amide bonds. The minimum absolute atomic E-state index is 0.194. The number of nitrogens with zero attached hydrogens (tertiary/aromatic N) is 3. The molecule has 3 rings (SSSR count). The third kappa shape index (κ3) is 1.77. The van der Waals surface area contributed by atoms with Gasteiger partial charge in [-0.2, -0.15) is 4.98 Å². The van der Waals surface area contributed by atoms with E-state index in [4.69, 9.17) is 10.5 Å². The zero-order valence-electron chi connectivity index (χ0n) is 11.6. The number of nitrogens with one attached hydrogen (secondary N) is 1. The van der Waals surface area contributed by atoms with Crippen LogP contribution >= 0.6 is 0 Å². The Morgan fingerprint density at radius 3 is 2.75 bits per heavy atom. The highest BCUT2D eigenvalue weighted by molar-refractivity contribution is 5.90. The fourth-order valence-electron chi connectivity index (χ4n) is 2.28. The van der Waals surface area contributed by atoms with E-state index in [9.17, 15) is 0 Å². The Bertz CT molecular complexity index is 794. The molecule has 0 aliphatic carbocycles. The Morgan fingerprint density at radius 1 is 1.20 bits per heavy atom. The van der Waals surface area contributed by atoms with Crippen LogP contribution in [0.1, 0.15) is 11.1 Å². The molecule has 0 spiro atoms. The smallest absolute Gasteiger partial charge is 0.222 e. The Balaban J connectivity index is 2.36. The van der Waals surface area contributed by atoms with Gasteiger partial charge in [0.25, 0.3) is 0 Å². The maximum Gasteiger partial charge on any atom is 0.222 e. The van der Waals surface area contributed by atoms with Crippen molar-refractivity contribution in [1.82, 2.24) is 19.9 Å². The van der Waals surface area contributed by atoms with E-state index in [2.05, 4.69) is 19.9 Å². The summed E-state index contributed by atoms with van der Waals surface area (Å²) in [6.07, 6.45) is 1.58. The van der Waals surface area contributed by atoms with Gasteiger partial charge < -0.3 is 15.5 Å². The number of methoxy groups -OCH3 is 1. The van der Waals surface area contributed by atoms with Crippen molar-refractivity contribution < 1.29 is 4.74 Å². The summed E-state index contributed by atoms with van der Waals surface area (Å²) in [5.41, 5.74) is 10.9. The second kappa shape index (κ2) is 4.48. The maximum absolute atomic E-state index is 5.76. The number of hydrogen-bond acceptors (Lipinski definition) is 5. The van der Waals surface area contributed by atoms with E-state index in [1.807, 2.05) is 26.0 Å². The Hall–Kier alpha value is -2.63. The van der Waals surface area contributed by atoms with Crippen LogP contribution in [0, 0.1) is 13.8 Å². The number of aromatic amines is 1. The number of rotatable bonds is 2. The summed E-state index contributed by atoms with van der Waals surface area (Å²) < 4.78 is 5.54. The van der Waals surface area contributed by atoms with Gasteiger partial charge in [-0.05, 0) is 31.0 Å². The van der Waals surface area contributed by atoms with E-state index < -0.39 is 0 Å². The lowest BCUT2D eigenvalue weighted by atomic mass is 10.0. The van der Waals surface area contributed by atoms with Gasteiger partial charge in [-0.15, -0.1) is 0 Å². The van der Waals surface area contributed by atoms with Gasteiger partial charge in [-0.1, -0.05) is 6.07 Å². The van der Waals surface area contributed by atoms with Gasteiger partial charge in [0, 0.05) is 5.56 Å². The molecule has 0 radical (unpaired) electrons. The predicted octanol–water partition coefficient (Wildman–Crippen LogP) is 2.23. The highest BCUT2D eigenvalue weighted by Crippen LogP contribution is 2.36. The van der Waals surface area contributed by atoms with E-state index in [1.54, 1.807) is 13.4 Å². The number of imidazole rings is 1. The zero-order valence-corrected chi connectivity index (χ0v) is 11.6. The van der Waals surface area contributed by atoms with Crippen molar-refractivity contribution in [2.45, 2.75) is 13.8 Å². The molecule has 0 aliphatic rings. The summed E-state index contributed by atoms with van der Waals surface area (Å²) in [5.74, 6) is 0.985. The Kier molecular flexibility index (Phi) is 2.78. The SMILES string of the molecule is COc1c(-c2nc(N)nc3nc[nH]c23)ccc(C)c1C. The van der Waals surface area contributed by atoms with Gasteiger partial charge in [0.15, 0.2) is 5.65 Å². The number of nitrogen functional groups attached to an aromatic ring is 1. The van der Waals surface area contributed by atoms with Crippen LogP contribution < -0.4 is 10.5 Å². The first-order valence-electron chi connectivity index (χ1n) is 6.23. The van der Waals surface area contributed by atoms with Gasteiger partial charge in [-0.3, -0.25) is 0 Å². The van der Waals surface area contributed by atoms with Crippen LogP contribution in [0.5, 0.6) is 5.75 Å². The molecule has 0 aliphatic heterocycles. The van der Waals surface area contributed by atoms with Crippen molar-refractivity contribution in [3.63, 3.8) is 0 Å². The molecule has 6 nitrogen and oxygen atoms in total. The first kappa shape index (κ1) is 12.4. The molecule has 1 aromatic carbocycles. The number of H-pyrrole nitrogens is 1. The highest BCUT2D eigenvalue weighted by Gasteiger charge is 2.16. The molecule has 102 valence electrons. The third-order valence-electron chi connectivity index (χ3n) is 3.44. The minimum atomic E-state index is 0.194. The summed E-state index contributed by atoms with van der Waals surface area (Å²) in [7, 11) is 1.65. The molecule has 0 fully saturated rings. The molecule has 0 unspecified atom stereocenters. The molecule has 2 aromatic heterocycles. The van der Waals surface area contributed by atoms with Crippen molar-refractivity contribution in [1.29, 1.82) is 0 Å². The average Bonchev–Trinajstić information content (AvgIpc) is 2.88. The molecule has 0 bridgehead atoms. The number of anilines is 1. The number of benzene rings is 1. The van der Waals surface area contributed by atoms with Gasteiger partial charge in [0.05, 0.1) is 13.4 Å². The van der Waals surface area contributed by atoms with Crippen LogP contribution in [-0.2, 0) is 0 Å². The highest BCUT2D eigenvalue weighted by atomic mass is 16.5. The third-order valence-corrected chi connectivity index (χ3v) is 3.44. The molecule has 0 saturated carbocycles. The van der Waals surface area contributed by atoms with Gasteiger partial charge in [-0.25, -0.2) is 9.97 Å². The zero-order chi connectivity index (χ0) is 14.3. The molecule has 20 heavy (non-hydrogen) atoms. The van der Waals surface area contributed by atoms with Crippen LogP contribution in [-0.4, -0.2) is 27.0 Å². The second-order valence-corrected chi connectivity index (χ2v) is 4.62. The number of aryl methyl sites for hydroxylation is 1. The summed E-state index contributed by atoms with van der Waals surface area (Å²) in [5, 5.41) is 0. The first-order chi connectivity index (χ1) is 9.61. The van der Waals surface area contributed by atoms with Crippen molar-refractivity contribution in [3.05, 3.63) is 29.6 Å². The van der Waals surface area contributed by atoms with E-state index >= 15 is 0 Å². The molecule has 0 saturated heterocycles. The number of aromatic nitrogens is 4. The number of fused-ring (bicyclic) bond motifs is 1. The predicted molar refractivity (Wildman–Crippen MR) is 77.6 cm³/mol. The van der Waals surface area contributed by atoms with E-state index in [0.29, 0.717) is 11.3 Å². The van der Waals surface area contributed by atoms with Crippen molar-refractivity contribution >= 4 is 17.1 Å². The Labute approximate surface area is 116 Å².